The molecule has 152 valence electrons. The zero-order valence-electron chi connectivity index (χ0n) is 17.7. The number of pyridine rings is 1. The lowest BCUT2D eigenvalue weighted by Gasteiger charge is -2.29. The third kappa shape index (κ3) is 4.12. The Kier molecular flexibility index (Phi) is 5.53. The SMILES string of the molecule is CC(C)c1nn(-c2cccc(N3CCOCC3)c2)cc1-c1ccc(N(C)C)nc1. The third-order valence-corrected chi connectivity index (χ3v) is 5.28. The average molecular weight is 392 g/mol. The van der Waals surface area contributed by atoms with Crippen LogP contribution < -0.4 is 9.80 Å². The molecule has 3 aromatic rings. The Morgan fingerprint density at radius 1 is 1.03 bits per heavy atom. The van der Waals surface area contributed by atoms with E-state index in [4.69, 9.17) is 9.84 Å². The van der Waals surface area contributed by atoms with Gasteiger partial charge in [0.15, 0.2) is 0 Å². The van der Waals surface area contributed by atoms with Crippen molar-refractivity contribution in [2.24, 2.45) is 0 Å². The van der Waals surface area contributed by atoms with Crippen LogP contribution in [0, 0.1) is 0 Å². The number of hydrogen-bond donors (Lipinski definition) is 0. The van der Waals surface area contributed by atoms with Gasteiger partial charge in [-0.25, -0.2) is 9.67 Å². The molecular weight excluding hydrogens is 362 g/mol. The summed E-state index contributed by atoms with van der Waals surface area (Å²) in [4.78, 5) is 8.96. The standard InChI is InChI=1S/C23H29N5O/c1-17(2)23-21(18-8-9-22(24-15-18)26(3)4)16-28(25-23)20-7-5-6-19(14-20)27-10-12-29-13-11-27/h5-9,14-17H,10-13H2,1-4H3. The highest BCUT2D eigenvalue weighted by atomic mass is 16.5. The summed E-state index contributed by atoms with van der Waals surface area (Å²) in [7, 11) is 4.00. The Morgan fingerprint density at radius 2 is 1.79 bits per heavy atom. The van der Waals surface area contributed by atoms with Gasteiger partial charge in [0.05, 0.1) is 24.6 Å². The molecule has 0 saturated carbocycles. The highest BCUT2D eigenvalue weighted by Gasteiger charge is 2.17. The molecule has 0 bridgehead atoms. The second kappa shape index (κ2) is 8.25. The maximum atomic E-state index is 5.49. The van der Waals surface area contributed by atoms with Gasteiger partial charge >= 0.3 is 0 Å². The Hall–Kier alpha value is -2.86. The number of rotatable bonds is 5. The molecule has 0 spiro atoms. The van der Waals surface area contributed by atoms with Gasteiger partial charge in [0, 0.05) is 56.4 Å². The van der Waals surface area contributed by atoms with Crippen molar-refractivity contribution >= 4 is 11.5 Å². The summed E-state index contributed by atoms with van der Waals surface area (Å²) in [5.41, 5.74) is 5.59. The van der Waals surface area contributed by atoms with E-state index in [1.165, 1.54) is 5.69 Å². The van der Waals surface area contributed by atoms with Crippen LogP contribution in [0.4, 0.5) is 11.5 Å². The molecule has 4 rings (SSSR count). The van der Waals surface area contributed by atoms with Crippen molar-refractivity contribution in [1.29, 1.82) is 0 Å². The average Bonchev–Trinajstić information content (AvgIpc) is 3.20. The van der Waals surface area contributed by atoms with Crippen LogP contribution in [0.15, 0.2) is 48.8 Å². The minimum atomic E-state index is 0.321. The van der Waals surface area contributed by atoms with Gasteiger partial charge in [-0.2, -0.15) is 5.10 Å². The molecule has 1 saturated heterocycles. The predicted molar refractivity (Wildman–Crippen MR) is 118 cm³/mol. The van der Waals surface area contributed by atoms with Crippen LogP contribution in [0.3, 0.4) is 0 Å². The molecule has 0 radical (unpaired) electrons. The molecule has 6 heteroatoms. The fourth-order valence-electron chi connectivity index (χ4n) is 3.63. The Morgan fingerprint density at radius 3 is 2.45 bits per heavy atom. The zero-order chi connectivity index (χ0) is 20.4. The Bertz CT molecular complexity index is 956. The molecule has 2 aromatic heterocycles. The van der Waals surface area contributed by atoms with E-state index in [-0.39, 0.29) is 0 Å². The van der Waals surface area contributed by atoms with Crippen molar-refractivity contribution in [1.82, 2.24) is 14.8 Å². The van der Waals surface area contributed by atoms with E-state index in [9.17, 15) is 0 Å². The van der Waals surface area contributed by atoms with Gasteiger partial charge in [-0.1, -0.05) is 19.9 Å². The predicted octanol–water partition coefficient (Wildman–Crippen LogP) is 3.96. The summed E-state index contributed by atoms with van der Waals surface area (Å²) in [5.74, 6) is 1.27. The molecule has 1 fully saturated rings. The van der Waals surface area contributed by atoms with E-state index in [2.05, 4.69) is 66.3 Å². The topological polar surface area (TPSA) is 46.4 Å². The molecule has 0 atom stereocenters. The number of nitrogens with zero attached hydrogens (tertiary/aromatic N) is 5. The first-order valence-electron chi connectivity index (χ1n) is 10.2. The molecule has 1 aliphatic heterocycles. The van der Waals surface area contributed by atoms with E-state index in [0.29, 0.717) is 5.92 Å². The van der Waals surface area contributed by atoms with E-state index in [1.807, 2.05) is 29.9 Å². The van der Waals surface area contributed by atoms with Crippen molar-refractivity contribution in [3.8, 4) is 16.8 Å². The monoisotopic (exact) mass is 391 g/mol. The minimum Gasteiger partial charge on any atom is -0.378 e. The van der Waals surface area contributed by atoms with E-state index in [1.54, 1.807) is 0 Å². The number of aromatic nitrogens is 3. The summed E-state index contributed by atoms with van der Waals surface area (Å²) < 4.78 is 7.48. The van der Waals surface area contributed by atoms with Gasteiger partial charge in [0.1, 0.15) is 5.82 Å². The molecule has 1 aromatic carbocycles. The first-order chi connectivity index (χ1) is 14.0. The van der Waals surface area contributed by atoms with Crippen LogP contribution in [0.25, 0.3) is 16.8 Å². The summed E-state index contributed by atoms with van der Waals surface area (Å²) in [6.45, 7) is 7.78. The van der Waals surface area contributed by atoms with Crippen molar-refractivity contribution in [2.75, 3.05) is 50.2 Å². The first-order valence-corrected chi connectivity index (χ1v) is 10.2. The van der Waals surface area contributed by atoms with Crippen molar-refractivity contribution in [2.45, 2.75) is 19.8 Å². The quantitative estimate of drug-likeness (QED) is 0.659. The molecule has 0 unspecified atom stereocenters. The minimum absolute atomic E-state index is 0.321. The highest BCUT2D eigenvalue weighted by molar-refractivity contribution is 5.67. The lowest BCUT2D eigenvalue weighted by atomic mass is 10.0. The zero-order valence-corrected chi connectivity index (χ0v) is 17.7. The number of hydrogen-bond acceptors (Lipinski definition) is 5. The van der Waals surface area contributed by atoms with E-state index in [0.717, 1.165) is 54.6 Å². The molecule has 0 amide bonds. The number of morpholine rings is 1. The molecule has 1 aliphatic rings. The van der Waals surface area contributed by atoms with Crippen LogP contribution in [0.5, 0.6) is 0 Å². The molecule has 0 N–H and O–H groups in total. The first kappa shape index (κ1) is 19.5. The van der Waals surface area contributed by atoms with Crippen LogP contribution in [0.1, 0.15) is 25.5 Å². The number of benzene rings is 1. The summed E-state index contributed by atoms with van der Waals surface area (Å²) >= 11 is 0. The van der Waals surface area contributed by atoms with Gasteiger partial charge in [0.2, 0.25) is 0 Å². The van der Waals surface area contributed by atoms with Crippen LogP contribution in [0.2, 0.25) is 0 Å². The Labute approximate surface area is 172 Å². The van der Waals surface area contributed by atoms with Gasteiger partial charge in [0.25, 0.3) is 0 Å². The van der Waals surface area contributed by atoms with Crippen LogP contribution in [-0.2, 0) is 4.74 Å². The number of anilines is 2. The van der Waals surface area contributed by atoms with Crippen molar-refractivity contribution in [3.05, 3.63) is 54.5 Å². The number of ether oxygens (including phenoxy) is 1. The fraction of sp³-hybridized carbons (Fsp3) is 0.391. The summed E-state index contributed by atoms with van der Waals surface area (Å²) in [6.07, 6.45) is 4.06. The molecule has 29 heavy (non-hydrogen) atoms. The maximum absolute atomic E-state index is 5.49. The second-order valence-electron chi connectivity index (χ2n) is 7.95. The van der Waals surface area contributed by atoms with Crippen LogP contribution >= 0.6 is 0 Å². The van der Waals surface area contributed by atoms with E-state index < -0.39 is 0 Å². The summed E-state index contributed by atoms with van der Waals surface area (Å²) in [5, 5.41) is 4.94. The van der Waals surface area contributed by atoms with Gasteiger partial charge < -0.3 is 14.5 Å². The normalized spacial score (nSPS) is 14.4. The van der Waals surface area contributed by atoms with E-state index >= 15 is 0 Å². The lowest BCUT2D eigenvalue weighted by Crippen LogP contribution is -2.36. The van der Waals surface area contributed by atoms with Crippen molar-refractivity contribution < 1.29 is 4.74 Å². The van der Waals surface area contributed by atoms with Gasteiger partial charge in [-0.15, -0.1) is 0 Å². The molecule has 3 heterocycles. The van der Waals surface area contributed by atoms with Gasteiger partial charge in [-0.3, -0.25) is 0 Å². The third-order valence-electron chi connectivity index (χ3n) is 5.28. The highest BCUT2D eigenvalue weighted by Crippen LogP contribution is 2.30. The summed E-state index contributed by atoms with van der Waals surface area (Å²) in [6, 6.07) is 12.8. The largest absolute Gasteiger partial charge is 0.378 e. The molecule has 6 nitrogen and oxygen atoms in total. The van der Waals surface area contributed by atoms with Gasteiger partial charge in [-0.05, 0) is 36.2 Å². The maximum Gasteiger partial charge on any atom is 0.127 e. The fourth-order valence-corrected chi connectivity index (χ4v) is 3.63. The Balaban J connectivity index is 1.69. The van der Waals surface area contributed by atoms with Crippen LogP contribution in [-0.4, -0.2) is 55.2 Å². The molecule has 0 aliphatic carbocycles. The van der Waals surface area contributed by atoms with Crippen molar-refractivity contribution in [3.63, 3.8) is 0 Å². The second-order valence-corrected chi connectivity index (χ2v) is 7.95. The molecular formula is C23H29N5O. The smallest absolute Gasteiger partial charge is 0.127 e. The lowest BCUT2D eigenvalue weighted by molar-refractivity contribution is 0.122.